The van der Waals surface area contributed by atoms with Crippen molar-refractivity contribution < 1.29 is 23.9 Å². The molecule has 0 fully saturated rings. The number of esters is 1. The molecule has 0 saturated heterocycles. The molecule has 5 aromatic rings. The minimum Gasteiger partial charge on any atom is -0.493 e. The molecule has 0 radical (unpaired) electrons. The normalized spacial score (nSPS) is 11.2. The first-order chi connectivity index (χ1) is 22.3. The molecule has 0 spiro atoms. The van der Waals surface area contributed by atoms with Gasteiger partial charge < -0.3 is 19.7 Å². The SMILES string of the molecule is COc1cc(/C=N/NC(=O)/C(=C/c2ccc(N(C)C)cc2)NC(=O)c2ccccc2)ccc1OC(=O)c1cccc2ccccc12. The molecule has 0 atom stereocenters. The predicted molar refractivity (Wildman–Crippen MR) is 180 cm³/mol. The van der Waals surface area contributed by atoms with Crippen molar-refractivity contribution in [1.82, 2.24) is 10.7 Å². The number of fused-ring (bicyclic) bond motifs is 1. The van der Waals surface area contributed by atoms with E-state index in [1.807, 2.05) is 73.6 Å². The lowest BCUT2D eigenvalue weighted by Crippen LogP contribution is -2.32. The van der Waals surface area contributed by atoms with E-state index in [1.165, 1.54) is 13.3 Å². The second kappa shape index (κ2) is 14.5. The van der Waals surface area contributed by atoms with Gasteiger partial charge in [0.1, 0.15) is 5.70 Å². The zero-order chi connectivity index (χ0) is 32.5. The summed E-state index contributed by atoms with van der Waals surface area (Å²) in [5.74, 6) is -1.03. The van der Waals surface area contributed by atoms with E-state index in [0.29, 0.717) is 28.0 Å². The van der Waals surface area contributed by atoms with Crippen LogP contribution in [-0.2, 0) is 4.79 Å². The second-order valence-corrected chi connectivity index (χ2v) is 10.4. The van der Waals surface area contributed by atoms with Gasteiger partial charge in [-0.1, -0.05) is 66.7 Å². The molecule has 0 saturated carbocycles. The van der Waals surface area contributed by atoms with Crippen molar-refractivity contribution in [1.29, 1.82) is 0 Å². The number of anilines is 1. The maximum atomic E-state index is 13.2. The number of hydrogen-bond donors (Lipinski definition) is 2. The monoisotopic (exact) mass is 612 g/mol. The third-order valence-electron chi connectivity index (χ3n) is 7.03. The van der Waals surface area contributed by atoms with Crippen LogP contribution in [0.15, 0.2) is 126 Å². The largest absolute Gasteiger partial charge is 0.493 e. The fourth-order valence-electron chi connectivity index (χ4n) is 4.61. The summed E-state index contributed by atoms with van der Waals surface area (Å²) in [4.78, 5) is 41.1. The standard InChI is InChI=1S/C37H32N4O5/c1-41(2)29-19-16-25(17-20-29)22-32(39-35(42)28-11-5-4-6-12-28)36(43)40-38-24-26-18-21-33(34(23-26)45-3)46-37(44)31-15-9-13-27-10-7-8-14-30(27)31/h4-24H,1-3H3,(H,39,42)(H,40,43)/b32-22-,38-24+. The molecule has 0 aliphatic carbocycles. The number of methoxy groups -OCH3 is 1. The number of carbonyl (C=O) groups is 3. The first-order valence-corrected chi connectivity index (χ1v) is 14.4. The van der Waals surface area contributed by atoms with Crippen LogP contribution in [0, 0.1) is 0 Å². The fourth-order valence-corrected chi connectivity index (χ4v) is 4.61. The maximum absolute atomic E-state index is 13.2. The van der Waals surface area contributed by atoms with Crippen molar-refractivity contribution in [2.45, 2.75) is 0 Å². The van der Waals surface area contributed by atoms with Crippen LogP contribution in [0.5, 0.6) is 11.5 Å². The Kier molecular flexibility index (Phi) is 9.84. The third kappa shape index (κ3) is 7.64. The zero-order valence-corrected chi connectivity index (χ0v) is 25.6. The van der Waals surface area contributed by atoms with Crippen molar-refractivity contribution >= 4 is 46.5 Å². The number of carbonyl (C=O) groups excluding carboxylic acids is 3. The summed E-state index contributed by atoms with van der Waals surface area (Å²) in [7, 11) is 5.33. The van der Waals surface area contributed by atoms with Crippen LogP contribution in [0.2, 0.25) is 0 Å². The number of benzene rings is 5. The number of ether oxygens (including phenoxy) is 2. The first-order valence-electron chi connectivity index (χ1n) is 14.4. The van der Waals surface area contributed by atoms with Crippen LogP contribution in [0.1, 0.15) is 31.8 Å². The molecule has 5 aromatic carbocycles. The van der Waals surface area contributed by atoms with Crippen LogP contribution in [0.25, 0.3) is 16.8 Å². The molecule has 0 heterocycles. The maximum Gasteiger partial charge on any atom is 0.344 e. The zero-order valence-electron chi connectivity index (χ0n) is 25.6. The molecule has 9 heteroatoms. The number of amides is 2. The van der Waals surface area contributed by atoms with Gasteiger partial charge in [0.05, 0.1) is 18.9 Å². The van der Waals surface area contributed by atoms with E-state index in [1.54, 1.807) is 66.7 Å². The van der Waals surface area contributed by atoms with Gasteiger partial charge in [-0.15, -0.1) is 0 Å². The van der Waals surface area contributed by atoms with Crippen LogP contribution in [0.3, 0.4) is 0 Å². The topological polar surface area (TPSA) is 109 Å². The lowest BCUT2D eigenvalue weighted by Gasteiger charge is -2.13. The molecule has 9 nitrogen and oxygen atoms in total. The number of hydrazone groups is 1. The number of nitrogens with one attached hydrogen (secondary N) is 2. The lowest BCUT2D eigenvalue weighted by atomic mass is 10.0. The highest BCUT2D eigenvalue weighted by molar-refractivity contribution is 6.06. The van der Waals surface area contributed by atoms with Crippen molar-refractivity contribution in [2.24, 2.45) is 5.10 Å². The van der Waals surface area contributed by atoms with E-state index < -0.39 is 17.8 Å². The average Bonchev–Trinajstić information content (AvgIpc) is 3.08. The van der Waals surface area contributed by atoms with E-state index >= 15 is 0 Å². The van der Waals surface area contributed by atoms with Gasteiger partial charge in [0.2, 0.25) is 0 Å². The minimum absolute atomic E-state index is 0.0110. The molecule has 2 amide bonds. The molecular weight excluding hydrogens is 580 g/mol. The lowest BCUT2D eigenvalue weighted by molar-refractivity contribution is -0.117. The van der Waals surface area contributed by atoms with E-state index in [-0.39, 0.29) is 11.4 Å². The number of hydrogen-bond acceptors (Lipinski definition) is 7. The van der Waals surface area contributed by atoms with E-state index in [4.69, 9.17) is 9.47 Å². The van der Waals surface area contributed by atoms with Gasteiger partial charge >= 0.3 is 5.97 Å². The van der Waals surface area contributed by atoms with Gasteiger partial charge in [-0.2, -0.15) is 5.10 Å². The van der Waals surface area contributed by atoms with Crippen LogP contribution in [0.4, 0.5) is 5.69 Å². The summed E-state index contributed by atoms with van der Waals surface area (Å²) in [6, 6.07) is 34.0. The number of rotatable bonds is 10. The smallest absolute Gasteiger partial charge is 0.344 e. The Morgan fingerprint density at radius 2 is 1.46 bits per heavy atom. The van der Waals surface area contributed by atoms with Crippen molar-refractivity contribution in [3.05, 3.63) is 143 Å². The van der Waals surface area contributed by atoms with Crippen molar-refractivity contribution in [3.63, 3.8) is 0 Å². The Bertz CT molecular complexity index is 1930. The third-order valence-corrected chi connectivity index (χ3v) is 7.03. The van der Waals surface area contributed by atoms with Gasteiger partial charge in [-0.3, -0.25) is 9.59 Å². The first kappa shape index (κ1) is 31.2. The molecular formula is C37H32N4O5. The summed E-state index contributed by atoms with van der Waals surface area (Å²) < 4.78 is 11.1. The molecule has 46 heavy (non-hydrogen) atoms. The summed E-state index contributed by atoms with van der Waals surface area (Å²) in [6.07, 6.45) is 2.99. The van der Waals surface area contributed by atoms with E-state index in [9.17, 15) is 14.4 Å². The Balaban J connectivity index is 1.31. The highest BCUT2D eigenvalue weighted by Gasteiger charge is 2.16. The number of nitrogens with zero attached hydrogens (tertiary/aromatic N) is 2. The summed E-state index contributed by atoms with van der Waals surface area (Å²) in [6.45, 7) is 0. The summed E-state index contributed by atoms with van der Waals surface area (Å²) in [5.41, 5.74) is 5.60. The second-order valence-electron chi connectivity index (χ2n) is 10.4. The van der Waals surface area contributed by atoms with Crippen LogP contribution < -0.4 is 25.1 Å². The molecule has 0 aliphatic heterocycles. The van der Waals surface area contributed by atoms with Gasteiger partial charge in [0, 0.05) is 25.3 Å². The van der Waals surface area contributed by atoms with Crippen LogP contribution >= 0.6 is 0 Å². The summed E-state index contributed by atoms with van der Waals surface area (Å²) in [5, 5.41) is 8.49. The molecule has 0 bridgehead atoms. The summed E-state index contributed by atoms with van der Waals surface area (Å²) >= 11 is 0. The van der Waals surface area contributed by atoms with Gasteiger partial charge in [-0.25, -0.2) is 10.2 Å². The van der Waals surface area contributed by atoms with Crippen LogP contribution in [-0.4, -0.2) is 45.2 Å². The van der Waals surface area contributed by atoms with E-state index in [0.717, 1.165) is 16.5 Å². The Morgan fingerprint density at radius 3 is 2.20 bits per heavy atom. The Hall–Kier alpha value is -6.22. The Morgan fingerprint density at radius 1 is 0.761 bits per heavy atom. The predicted octanol–water partition coefficient (Wildman–Crippen LogP) is 6.05. The molecule has 2 N–H and O–H groups in total. The molecule has 0 unspecified atom stereocenters. The Labute approximate surface area is 266 Å². The quantitative estimate of drug-likeness (QED) is 0.0653. The highest BCUT2D eigenvalue weighted by atomic mass is 16.6. The van der Waals surface area contributed by atoms with Gasteiger partial charge in [0.15, 0.2) is 11.5 Å². The molecule has 230 valence electrons. The van der Waals surface area contributed by atoms with Crippen molar-refractivity contribution in [2.75, 3.05) is 26.1 Å². The molecule has 5 rings (SSSR count). The minimum atomic E-state index is -0.621. The van der Waals surface area contributed by atoms with Gasteiger partial charge in [-0.05, 0) is 76.5 Å². The van der Waals surface area contributed by atoms with E-state index in [2.05, 4.69) is 15.8 Å². The highest BCUT2D eigenvalue weighted by Crippen LogP contribution is 2.29. The molecule has 0 aromatic heterocycles. The molecule has 0 aliphatic rings. The van der Waals surface area contributed by atoms with Crippen molar-refractivity contribution in [3.8, 4) is 11.5 Å². The fraction of sp³-hybridized carbons (Fsp3) is 0.0811. The average molecular weight is 613 g/mol. The van der Waals surface area contributed by atoms with Gasteiger partial charge in [0.25, 0.3) is 11.8 Å².